The van der Waals surface area contributed by atoms with Crippen molar-refractivity contribution in [1.82, 2.24) is 0 Å². The number of unbranched alkanes of at least 4 members (excludes halogenated alkanes) is 3. The number of hydrogen-bond donors (Lipinski definition) is 0. The van der Waals surface area contributed by atoms with Crippen molar-refractivity contribution >= 4 is 16.7 Å². The Morgan fingerprint density at radius 2 is 1.65 bits per heavy atom. The predicted molar refractivity (Wildman–Crippen MR) is 189 cm³/mol. The SMILES string of the molecule is C=C(Cc1ccc(C)cc1)c1cc(C2=CC=CC3C2=CC(CCCCCC)=C3c2cccc(C)c2C)ccc1C(C)(C)C. The molecule has 0 aliphatic heterocycles. The second-order valence-corrected chi connectivity index (χ2v) is 13.8. The normalized spacial score (nSPS) is 16.3. The molecule has 0 heteroatoms. The summed E-state index contributed by atoms with van der Waals surface area (Å²) in [5.41, 5.74) is 17.8. The number of aryl methyl sites for hydroxylation is 2. The van der Waals surface area contributed by atoms with Crippen LogP contribution in [0.15, 0.2) is 103 Å². The molecule has 222 valence electrons. The van der Waals surface area contributed by atoms with Gasteiger partial charge in [-0.3, -0.25) is 0 Å². The van der Waals surface area contributed by atoms with E-state index in [4.69, 9.17) is 0 Å². The number of rotatable bonds is 10. The van der Waals surface area contributed by atoms with Gasteiger partial charge in [-0.25, -0.2) is 0 Å². The minimum Gasteiger partial charge on any atom is -0.0949 e. The number of allylic oxidation sites excluding steroid dienone is 9. The van der Waals surface area contributed by atoms with E-state index in [0.717, 1.165) is 12.8 Å². The van der Waals surface area contributed by atoms with Crippen LogP contribution in [0.4, 0.5) is 0 Å². The quantitative estimate of drug-likeness (QED) is 0.214. The van der Waals surface area contributed by atoms with Crippen molar-refractivity contribution < 1.29 is 0 Å². The lowest BCUT2D eigenvalue weighted by molar-refractivity contribution is 0.588. The van der Waals surface area contributed by atoms with Crippen LogP contribution in [-0.2, 0) is 11.8 Å². The molecule has 0 aromatic heterocycles. The molecule has 43 heavy (non-hydrogen) atoms. The molecule has 0 amide bonds. The summed E-state index contributed by atoms with van der Waals surface area (Å²) in [6.45, 7) is 20.6. The molecule has 5 rings (SSSR count). The van der Waals surface area contributed by atoms with Crippen LogP contribution in [0.2, 0.25) is 0 Å². The first-order valence-corrected chi connectivity index (χ1v) is 16.4. The molecule has 0 bridgehead atoms. The lowest BCUT2D eigenvalue weighted by Gasteiger charge is -2.27. The average Bonchev–Trinajstić information content (AvgIpc) is 3.35. The van der Waals surface area contributed by atoms with E-state index in [1.165, 1.54) is 98.1 Å². The lowest BCUT2D eigenvalue weighted by atomic mass is 9.77. The third-order valence-corrected chi connectivity index (χ3v) is 9.45. The molecule has 3 aromatic carbocycles. The molecule has 0 heterocycles. The summed E-state index contributed by atoms with van der Waals surface area (Å²) < 4.78 is 0. The van der Waals surface area contributed by atoms with Crippen LogP contribution in [0.25, 0.3) is 16.7 Å². The van der Waals surface area contributed by atoms with E-state index >= 15 is 0 Å². The molecule has 0 N–H and O–H groups in total. The maximum atomic E-state index is 4.64. The van der Waals surface area contributed by atoms with Gasteiger partial charge in [-0.05, 0) is 118 Å². The van der Waals surface area contributed by atoms with Gasteiger partial charge in [-0.1, -0.05) is 138 Å². The molecule has 1 atom stereocenters. The molecule has 0 fully saturated rings. The van der Waals surface area contributed by atoms with E-state index in [9.17, 15) is 0 Å². The van der Waals surface area contributed by atoms with Gasteiger partial charge in [0, 0.05) is 5.92 Å². The van der Waals surface area contributed by atoms with Crippen LogP contribution in [0.3, 0.4) is 0 Å². The van der Waals surface area contributed by atoms with Gasteiger partial charge in [0.05, 0.1) is 0 Å². The topological polar surface area (TPSA) is 0 Å². The van der Waals surface area contributed by atoms with Crippen molar-refractivity contribution in [2.24, 2.45) is 5.92 Å². The first-order chi connectivity index (χ1) is 20.6. The fourth-order valence-electron chi connectivity index (χ4n) is 6.82. The van der Waals surface area contributed by atoms with Crippen molar-refractivity contribution in [3.8, 4) is 0 Å². The maximum absolute atomic E-state index is 4.64. The Hall–Kier alpha value is -3.64. The van der Waals surface area contributed by atoms with E-state index in [1.54, 1.807) is 0 Å². The predicted octanol–water partition coefficient (Wildman–Crippen LogP) is 12.1. The molecular formula is C43H50. The van der Waals surface area contributed by atoms with Crippen LogP contribution in [0.1, 0.15) is 104 Å². The molecular weight excluding hydrogens is 516 g/mol. The van der Waals surface area contributed by atoms with Crippen molar-refractivity contribution in [2.75, 3.05) is 0 Å². The molecule has 0 radical (unpaired) electrons. The van der Waals surface area contributed by atoms with Crippen molar-refractivity contribution in [1.29, 1.82) is 0 Å². The Balaban J connectivity index is 1.54. The van der Waals surface area contributed by atoms with Gasteiger partial charge in [0.1, 0.15) is 0 Å². The van der Waals surface area contributed by atoms with Gasteiger partial charge < -0.3 is 0 Å². The molecule has 0 saturated carbocycles. The van der Waals surface area contributed by atoms with E-state index in [-0.39, 0.29) is 5.41 Å². The van der Waals surface area contributed by atoms with Crippen molar-refractivity contribution in [3.05, 3.63) is 147 Å². The lowest BCUT2D eigenvalue weighted by Crippen LogP contribution is -2.15. The van der Waals surface area contributed by atoms with Gasteiger partial charge in [0.25, 0.3) is 0 Å². The van der Waals surface area contributed by atoms with Crippen LogP contribution in [0.5, 0.6) is 0 Å². The minimum atomic E-state index is 0.0309. The van der Waals surface area contributed by atoms with E-state index in [2.05, 4.69) is 140 Å². The zero-order valence-corrected chi connectivity index (χ0v) is 27.6. The molecule has 0 saturated heterocycles. The molecule has 2 aliphatic carbocycles. The molecule has 0 spiro atoms. The Morgan fingerprint density at radius 1 is 0.884 bits per heavy atom. The van der Waals surface area contributed by atoms with Gasteiger partial charge in [0.15, 0.2) is 0 Å². The van der Waals surface area contributed by atoms with Crippen LogP contribution >= 0.6 is 0 Å². The standard InChI is InChI=1S/C43H50/c1-9-10-11-12-16-35-28-40-37(18-14-19-38(40)42(35)36-17-13-15-30(3)32(36)5)34-24-25-41(43(6,7)8)39(27-34)31(4)26-33-22-20-29(2)21-23-33/h13-15,17-25,27-28,38H,4,9-12,16,26H2,1-3,5-8H3. The minimum absolute atomic E-state index is 0.0309. The molecule has 1 unspecified atom stereocenters. The van der Waals surface area contributed by atoms with Crippen molar-refractivity contribution in [3.63, 3.8) is 0 Å². The second-order valence-electron chi connectivity index (χ2n) is 13.8. The maximum Gasteiger partial charge on any atom is 0.0287 e. The fraction of sp³-hybridized carbons (Fsp3) is 0.349. The fourth-order valence-corrected chi connectivity index (χ4v) is 6.82. The highest BCUT2D eigenvalue weighted by atomic mass is 14.4. The van der Waals surface area contributed by atoms with Gasteiger partial charge in [0.2, 0.25) is 0 Å². The summed E-state index contributed by atoms with van der Waals surface area (Å²) in [6.07, 6.45) is 16.7. The van der Waals surface area contributed by atoms with E-state index in [0.29, 0.717) is 5.92 Å². The Bertz CT molecular complexity index is 1620. The van der Waals surface area contributed by atoms with Crippen LogP contribution in [-0.4, -0.2) is 0 Å². The third kappa shape index (κ3) is 6.65. The smallest absolute Gasteiger partial charge is 0.0287 e. The second kappa shape index (κ2) is 12.9. The highest BCUT2D eigenvalue weighted by Gasteiger charge is 2.32. The number of hydrogen-bond acceptors (Lipinski definition) is 0. The summed E-state index contributed by atoms with van der Waals surface area (Å²) in [7, 11) is 0. The largest absolute Gasteiger partial charge is 0.0949 e. The van der Waals surface area contributed by atoms with E-state index < -0.39 is 0 Å². The molecule has 3 aromatic rings. The third-order valence-electron chi connectivity index (χ3n) is 9.45. The first kappa shape index (κ1) is 30.8. The number of benzene rings is 3. The van der Waals surface area contributed by atoms with E-state index in [1.807, 2.05) is 0 Å². The van der Waals surface area contributed by atoms with Gasteiger partial charge >= 0.3 is 0 Å². The first-order valence-electron chi connectivity index (χ1n) is 16.4. The van der Waals surface area contributed by atoms with Crippen LogP contribution in [0, 0.1) is 26.7 Å². The highest BCUT2D eigenvalue weighted by Crippen LogP contribution is 2.49. The van der Waals surface area contributed by atoms with Crippen molar-refractivity contribution in [2.45, 2.75) is 92.4 Å². The summed E-state index contributed by atoms with van der Waals surface area (Å²) in [5, 5.41) is 0. The van der Waals surface area contributed by atoms with Gasteiger partial charge in [-0.2, -0.15) is 0 Å². The molecule has 0 nitrogen and oxygen atoms in total. The summed E-state index contributed by atoms with van der Waals surface area (Å²) in [5.74, 6) is 0.295. The summed E-state index contributed by atoms with van der Waals surface area (Å²) >= 11 is 0. The Kier molecular flexibility index (Phi) is 9.26. The number of fused-ring (bicyclic) bond motifs is 1. The Labute approximate surface area is 261 Å². The molecule has 2 aliphatic rings. The zero-order valence-electron chi connectivity index (χ0n) is 27.6. The zero-order chi connectivity index (χ0) is 30.7. The average molecular weight is 567 g/mol. The summed E-state index contributed by atoms with van der Waals surface area (Å²) in [4.78, 5) is 0. The van der Waals surface area contributed by atoms with Gasteiger partial charge in [-0.15, -0.1) is 0 Å². The van der Waals surface area contributed by atoms with Crippen LogP contribution < -0.4 is 0 Å². The summed E-state index contributed by atoms with van der Waals surface area (Å²) in [6, 6.07) is 22.9. The Morgan fingerprint density at radius 3 is 2.37 bits per heavy atom. The monoisotopic (exact) mass is 566 g/mol. The highest BCUT2D eigenvalue weighted by molar-refractivity contribution is 5.94.